The van der Waals surface area contributed by atoms with Crippen LogP contribution in [0.1, 0.15) is 17.5 Å². The van der Waals surface area contributed by atoms with E-state index in [2.05, 4.69) is 16.0 Å². The molecule has 1 amide bonds. The number of nitrogens with one attached hydrogen (secondary N) is 1. The van der Waals surface area contributed by atoms with Crippen LogP contribution in [0.25, 0.3) is 22.7 Å². The predicted molar refractivity (Wildman–Crippen MR) is 101 cm³/mol. The topological polar surface area (TPSA) is 49.0 Å². The minimum atomic E-state index is 0.0520. The Morgan fingerprint density at radius 1 is 1.16 bits per heavy atom. The van der Waals surface area contributed by atoms with Crippen LogP contribution in [0, 0.1) is 0 Å². The molecule has 0 atom stereocenters. The Labute approximate surface area is 146 Å². The second-order valence-corrected chi connectivity index (χ2v) is 6.11. The van der Waals surface area contributed by atoms with Gasteiger partial charge in [0, 0.05) is 37.1 Å². The average molecular weight is 329 g/mol. The molecule has 4 rings (SSSR count). The highest BCUT2D eigenvalue weighted by molar-refractivity contribution is 5.93. The number of carbonyl (C=O) groups excluding carboxylic acids is 1. The van der Waals surface area contributed by atoms with Gasteiger partial charge in [0.15, 0.2) is 0 Å². The highest BCUT2D eigenvalue weighted by Gasteiger charge is 2.18. The van der Waals surface area contributed by atoms with E-state index in [0.717, 1.165) is 35.1 Å². The van der Waals surface area contributed by atoms with Crippen LogP contribution in [-0.4, -0.2) is 33.9 Å². The van der Waals surface area contributed by atoms with Crippen molar-refractivity contribution in [1.82, 2.24) is 14.9 Å². The summed E-state index contributed by atoms with van der Waals surface area (Å²) >= 11 is 0. The number of pyridine rings is 1. The van der Waals surface area contributed by atoms with E-state index in [-0.39, 0.29) is 5.91 Å². The minimum absolute atomic E-state index is 0.0520. The lowest BCUT2D eigenvalue weighted by atomic mass is 10.0. The van der Waals surface area contributed by atoms with Gasteiger partial charge in [0.25, 0.3) is 0 Å². The molecule has 1 aliphatic rings. The van der Waals surface area contributed by atoms with Gasteiger partial charge in [-0.1, -0.05) is 36.4 Å². The zero-order valence-electron chi connectivity index (χ0n) is 13.9. The number of hydrogen-bond donors (Lipinski definition) is 1. The van der Waals surface area contributed by atoms with Gasteiger partial charge in [-0.05, 0) is 35.8 Å². The molecule has 4 nitrogen and oxygen atoms in total. The predicted octanol–water partition coefficient (Wildman–Crippen LogP) is 3.89. The van der Waals surface area contributed by atoms with Crippen LogP contribution < -0.4 is 0 Å². The van der Waals surface area contributed by atoms with Crippen molar-refractivity contribution in [2.45, 2.75) is 6.42 Å². The first-order valence-corrected chi connectivity index (χ1v) is 8.45. The molecule has 124 valence electrons. The first-order chi connectivity index (χ1) is 12.3. The van der Waals surface area contributed by atoms with Crippen molar-refractivity contribution in [2.75, 3.05) is 13.1 Å². The van der Waals surface area contributed by atoms with Crippen LogP contribution in [0.2, 0.25) is 0 Å². The molecule has 3 aromatic rings. The summed E-state index contributed by atoms with van der Waals surface area (Å²) in [5.41, 5.74) is 5.47. The molecular formula is C21H19N3O. The van der Waals surface area contributed by atoms with Gasteiger partial charge >= 0.3 is 0 Å². The van der Waals surface area contributed by atoms with Gasteiger partial charge in [0.1, 0.15) is 0 Å². The number of fused-ring (bicyclic) bond motifs is 1. The molecule has 0 saturated carbocycles. The first kappa shape index (κ1) is 15.4. The summed E-state index contributed by atoms with van der Waals surface area (Å²) in [5, 5.41) is 0. The molecule has 0 unspecified atom stereocenters. The number of rotatable bonds is 3. The third-order valence-corrected chi connectivity index (χ3v) is 4.52. The molecule has 0 spiro atoms. The van der Waals surface area contributed by atoms with Crippen LogP contribution in [0.15, 0.2) is 67.0 Å². The second kappa shape index (κ2) is 6.77. The average Bonchev–Trinajstić information content (AvgIpc) is 3.11. The zero-order valence-corrected chi connectivity index (χ0v) is 13.9. The standard InChI is InChI=1S/C21H19N3O/c25-20(9-8-16-5-2-1-3-6-16)24-13-10-17(11-14-24)18-15-23-19-7-4-12-22-21(18)19/h1-10,12,15,23H,11,13-14H2/b9-8+. The summed E-state index contributed by atoms with van der Waals surface area (Å²) in [7, 11) is 0. The third kappa shape index (κ3) is 3.24. The summed E-state index contributed by atoms with van der Waals surface area (Å²) in [4.78, 5) is 22.0. The number of amides is 1. The fraction of sp³-hybridized carbons (Fsp3) is 0.143. The fourth-order valence-electron chi connectivity index (χ4n) is 3.15. The Hall–Kier alpha value is -3.14. The first-order valence-electron chi connectivity index (χ1n) is 8.45. The summed E-state index contributed by atoms with van der Waals surface area (Å²) in [6, 6.07) is 13.8. The Bertz CT molecular complexity index is 953. The normalized spacial score (nSPS) is 14.9. The zero-order chi connectivity index (χ0) is 17.1. The van der Waals surface area contributed by atoms with Crippen molar-refractivity contribution in [3.8, 4) is 0 Å². The van der Waals surface area contributed by atoms with Gasteiger partial charge in [-0.15, -0.1) is 0 Å². The maximum absolute atomic E-state index is 12.4. The van der Waals surface area contributed by atoms with E-state index in [9.17, 15) is 4.79 Å². The number of H-pyrrole nitrogens is 1. The highest BCUT2D eigenvalue weighted by atomic mass is 16.2. The summed E-state index contributed by atoms with van der Waals surface area (Å²) in [6.45, 7) is 1.36. The van der Waals surface area contributed by atoms with Crippen molar-refractivity contribution >= 4 is 28.6 Å². The molecule has 2 aromatic heterocycles. The van der Waals surface area contributed by atoms with Crippen molar-refractivity contribution in [3.63, 3.8) is 0 Å². The summed E-state index contributed by atoms with van der Waals surface area (Å²) < 4.78 is 0. The van der Waals surface area contributed by atoms with Gasteiger partial charge in [-0.2, -0.15) is 0 Å². The maximum Gasteiger partial charge on any atom is 0.246 e. The van der Waals surface area contributed by atoms with E-state index < -0.39 is 0 Å². The monoisotopic (exact) mass is 329 g/mol. The van der Waals surface area contributed by atoms with Crippen molar-refractivity contribution in [3.05, 3.63) is 78.1 Å². The molecule has 3 heterocycles. The van der Waals surface area contributed by atoms with E-state index >= 15 is 0 Å². The second-order valence-electron chi connectivity index (χ2n) is 6.11. The largest absolute Gasteiger partial charge is 0.359 e. The van der Waals surface area contributed by atoms with Crippen LogP contribution in [0.5, 0.6) is 0 Å². The molecule has 1 aromatic carbocycles. The molecule has 1 N–H and O–H groups in total. The van der Waals surface area contributed by atoms with Crippen LogP contribution in [0.3, 0.4) is 0 Å². The van der Waals surface area contributed by atoms with Gasteiger partial charge in [-0.3, -0.25) is 9.78 Å². The molecule has 25 heavy (non-hydrogen) atoms. The Morgan fingerprint density at radius 3 is 2.84 bits per heavy atom. The molecule has 0 radical (unpaired) electrons. The van der Waals surface area contributed by atoms with Crippen LogP contribution in [0.4, 0.5) is 0 Å². The van der Waals surface area contributed by atoms with Crippen molar-refractivity contribution < 1.29 is 4.79 Å². The maximum atomic E-state index is 12.4. The molecule has 1 aliphatic heterocycles. The Balaban J connectivity index is 1.47. The van der Waals surface area contributed by atoms with Crippen molar-refractivity contribution in [1.29, 1.82) is 0 Å². The van der Waals surface area contributed by atoms with Gasteiger partial charge < -0.3 is 9.88 Å². The minimum Gasteiger partial charge on any atom is -0.359 e. The number of aromatic nitrogens is 2. The number of nitrogens with zero attached hydrogens (tertiary/aromatic N) is 2. The molecule has 0 bridgehead atoms. The lowest BCUT2D eigenvalue weighted by Crippen LogP contribution is -2.33. The summed E-state index contributed by atoms with van der Waals surface area (Å²) in [6.07, 6.45) is 10.3. The van der Waals surface area contributed by atoms with Crippen LogP contribution in [-0.2, 0) is 4.79 Å². The molecule has 0 aliphatic carbocycles. The van der Waals surface area contributed by atoms with Crippen molar-refractivity contribution in [2.24, 2.45) is 0 Å². The number of carbonyl (C=O) groups is 1. The smallest absolute Gasteiger partial charge is 0.246 e. The molecule has 0 fully saturated rings. The Kier molecular flexibility index (Phi) is 4.17. The molecule has 0 saturated heterocycles. The lowest BCUT2D eigenvalue weighted by Gasteiger charge is -2.25. The molecule has 4 heteroatoms. The third-order valence-electron chi connectivity index (χ3n) is 4.52. The Morgan fingerprint density at radius 2 is 2.04 bits per heavy atom. The SMILES string of the molecule is O=C(/C=C/c1ccccc1)N1CC=C(c2c[nH]c3cccnc23)CC1. The number of aromatic amines is 1. The highest BCUT2D eigenvalue weighted by Crippen LogP contribution is 2.27. The quantitative estimate of drug-likeness (QED) is 0.741. The summed E-state index contributed by atoms with van der Waals surface area (Å²) in [5.74, 6) is 0.0520. The van der Waals surface area contributed by atoms with E-state index in [1.807, 2.05) is 65.8 Å². The van der Waals surface area contributed by atoms with Gasteiger partial charge in [0.05, 0.1) is 11.0 Å². The molecular weight excluding hydrogens is 310 g/mol. The number of hydrogen-bond acceptors (Lipinski definition) is 2. The fourth-order valence-corrected chi connectivity index (χ4v) is 3.15. The van der Waals surface area contributed by atoms with E-state index in [0.29, 0.717) is 6.54 Å². The van der Waals surface area contributed by atoms with E-state index in [1.165, 1.54) is 5.57 Å². The lowest BCUT2D eigenvalue weighted by molar-refractivity contribution is -0.125. The number of benzene rings is 1. The van der Waals surface area contributed by atoms with Crippen LogP contribution >= 0.6 is 0 Å². The van der Waals surface area contributed by atoms with Gasteiger partial charge in [0.2, 0.25) is 5.91 Å². The van der Waals surface area contributed by atoms with E-state index in [1.54, 1.807) is 6.08 Å². The van der Waals surface area contributed by atoms with Gasteiger partial charge in [-0.25, -0.2) is 0 Å². The van der Waals surface area contributed by atoms with E-state index in [4.69, 9.17) is 0 Å².